The summed E-state index contributed by atoms with van der Waals surface area (Å²) >= 11 is 0. The third kappa shape index (κ3) is 2.55. The molecule has 1 aliphatic heterocycles. The second kappa shape index (κ2) is 5.25. The first-order valence-corrected chi connectivity index (χ1v) is 5.61. The van der Waals surface area contributed by atoms with Gasteiger partial charge in [-0.25, -0.2) is 13.6 Å². The van der Waals surface area contributed by atoms with Gasteiger partial charge in [0.05, 0.1) is 11.8 Å². The summed E-state index contributed by atoms with van der Waals surface area (Å²) in [5.41, 5.74) is -0.229. The van der Waals surface area contributed by atoms with Crippen molar-refractivity contribution in [3.8, 4) is 0 Å². The number of hydrogen-bond donors (Lipinski definition) is 1. The fourth-order valence-electron chi connectivity index (χ4n) is 2.06. The molecule has 18 heavy (non-hydrogen) atoms. The number of aliphatic imine (C=N–C) groups is 1. The van der Waals surface area contributed by atoms with Crippen LogP contribution in [0.5, 0.6) is 0 Å². The Balaban J connectivity index is 2.30. The van der Waals surface area contributed by atoms with Crippen LogP contribution in [0.3, 0.4) is 0 Å². The normalized spacial score (nSPS) is 16.5. The Bertz CT molecular complexity index is 470. The van der Waals surface area contributed by atoms with E-state index in [4.69, 9.17) is 0 Å². The fraction of sp³-hybridized carbons (Fsp3) is 0.417. The predicted octanol–water partition coefficient (Wildman–Crippen LogP) is 1.89. The van der Waals surface area contributed by atoms with Crippen molar-refractivity contribution in [3.63, 3.8) is 0 Å². The zero-order valence-corrected chi connectivity index (χ0v) is 9.57. The highest BCUT2D eigenvalue weighted by atomic mass is 19.1. The molecule has 0 bridgehead atoms. The maximum absolute atomic E-state index is 13.8. The van der Waals surface area contributed by atoms with Crippen LogP contribution in [0.15, 0.2) is 17.1 Å². The number of nitrogens with zero attached hydrogens (tertiary/aromatic N) is 2. The molecular formula is C12H12F2N2O2. The molecule has 1 aromatic rings. The molecule has 1 saturated heterocycles. The van der Waals surface area contributed by atoms with Crippen LogP contribution in [0.4, 0.5) is 20.2 Å². The summed E-state index contributed by atoms with van der Waals surface area (Å²) in [5, 5.41) is 9.35. The van der Waals surface area contributed by atoms with Gasteiger partial charge in [0.15, 0.2) is 11.6 Å². The van der Waals surface area contributed by atoms with Gasteiger partial charge in [0.1, 0.15) is 5.69 Å². The third-order valence-electron chi connectivity index (χ3n) is 2.96. The van der Waals surface area contributed by atoms with Gasteiger partial charge in [-0.05, 0) is 12.8 Å². The summed E-state index contributed by atoms with van der Waals surface area (Å²) in [5.74, 6) is -1.53. The van der Waals surface area contributed by atoms with Gasteiger partial charge in [-0.15, -0.1) is 0 Å². The van der Waals surface area contributed by atoms with Crippen molar-refractivity contribution in [1.29, 1.82) is 0 Å². The van der Waals surface area contributed by atoms with E-state index in [1.807, 2.05) is 0 Å². The summed E-state index contributed by atoms with van der Waals surface area (Å²) in [6.45, 7) is 0.788. The molecule has 0 spiro atoms. The minimum absolute atomic E-state index is 0.0965. The van der Waals surface area contributed by atoms with Gasteiger partial charge in [-0.2, -0.15) is 4.99 Å². The van der Waals surface area contributed by atoms with Gasteiger partial charge in [0, 0.05) is 25.2 Å². The molecule has 1 aromatic carbocycles. The molecular weight excluding hydrogens is 242 g/mol. The van der Waals surface area contributed by atoms with Crippen LogP contribution in [0, 0.1) is 11.6 Å². The van der Waals surface area contributed by atoms with Crippen LogP contribution in [0.1, 0.15) is 12.8 Å². The maximum atomic E-state index is 13.8. The number of hydrogen-bond acceptors (Lipinski definition) is 4. The van der Waals surface area contributed by atoms with Crippen LogP contribution in [0.2, 0.25) is 0 Å². The topological polar surface area (TPSA) is 52.9 Å². The zero-order chi connectivity index (χ0) is 13.1. The van der Waals surface area contributed by atoms with E-state index < -0.39 is 17.7 Å². The number of carbonyl (C=O) groups excluding carboxylic acids is 1. The number of anilines is 1. The molecule has 1 aliphatic rings. The number of isocyanates is 1. The fourth-order valence-corrected chi connectivity index (χ4v) is 2.06. The van der Waals surface area contributed by atoms with Crippen molar-refractivity contribution in [2.75, 3.05) is 18.0 Å². The van der Waals surface area contributed by atoms with E-state index in [0.29, 0.717) is 25.9 Å². The lowest BCUT2D eigenvalue weighted by atomic mass is 10.1. The standard InChI is InChI=1S/C12H12F2N2O2/c13-10-5-8(15-7-17)6-11(14)12(10)16-3-1-9(18)2-4-16/h5-6,9,18H,1-4H2. The first kappa shape index (κ1) is 12.7. The van der Waals surface area contributed by atoms with Crippen LogP contribution < -0.4 is 4.90 Å². The highest BCUT2D eigenvalue weighted by molar-refractivity contribution is 5.58. The van der Waals surface area contributed by atoms with Crippen LogP contribution in [0.25, 0.3) is 0 Å². The van der Waals surface area contributed by atoms with Crippen molar-refractivity contribution in [1.82, 2.24) is 0 Å². The molecule has 0 amide bonds. The first-order chi connectivity index (χ1) is 8.61. The number of rotatable bonds is 2. The van der Waals surface area contributed by atoms with E-state index in [-0.39, 0.29) is 11.4 Å². The minimum atomic E-state index is -0.764. The largest absolute Gasteiger partial charge is 0.393 e. The lowest BCUT2D eigenvalue weighted by molar-refractivity contribution is 0.145. The van der Waals surface area contributed by atoms with Gasteiger partial charge in [0.25, 0.3) is 0 Å². The Morgan fingerprint density at radius 2 is 1.83 bits per heavy atom. The van der Waals surface area contributed by atoms with Crippen molar-refractivity contribution in [3.05, 3.63) is 23.8 Å². The van der Waals surface area contributed by atoms with E-state index in [2.05, 4.69) is 4.99 Å². The highest BCUT2D eigenvalue weighted by Gasteiger charge is 2.23. The van der Waals surface area contributed by atoms with Crippen molar-refractivity contribution < 1.29 is 18.7 Å². The predicted molar refractivity (Wildman–Crippen MR) is 61.6 cm³/mol. The smallest absolute Gasteiger partial charge is 0.240 e. The Morgan fingerprint density at radius 1 is 1.28 bits per heavy atom. The molecule has 1 fully saturated rings. The van der Waals surface area contributed by atoms with E-state index in [1.54, 1.807) is 4.90 Å². The monoisotopic (exact) mass is 254 g/mol. The molecule has 0 unspecified atom stereocenters. The van der Waals surface area contributed by atoms with Crippen molar-refractivity contribution in [2.24, 2.45) is 4.99 Å². The van der Waals surface area contributed by atoms with E-state index >= 15 is 0 Å². The first-order valence-electron chi connectivity index (χ1n) is 5.61. The average molecular weight is 254 g/mol. The molecule has 0 aliphatic carbocycles. The molecule has 6 heteroatoms. The SMILES string of the molecule is O=C=Nc1cc(F)c(N2CCC(O)CC2)c(F)c1. The van der Waals surface area contributed by atoms with Crippen LogP contribution in [-0.2, 0) is 4.79 Å². The van der Waals surface area contributed by atoms with Gasteiger partial charge >= 0.3 is 0 Å². The van der Waals surface area contributed by atoms with Gasteiger partial charge in [-0.3, -0.25) is 0 Å². The quantitative estimate of drug-likeness (QED) is 0.647. The Kier molecular flexibility index (Phi) is 3.69. The number of aliphatic hydroxyl groups excluding tert-OH is 1. The summed E-state index contributed by atoms with van der Waals surface area (Å²) in [6.07, 6.45) is 1.79. The lowest BCUT2D eigenvalue weighted by Gasteiger charge is -2.31. The molecule has 0 saturated carbocycles. The Morgan fingerprint density at radius 3 is 2.33 bits per heavy atom. The molecule has 1 heterocycles. The molecule has 0 aromatic heterocycles. The third-order valence-corrected chi connectivity index (χ3v) is 2.96. The summed E-state index contributed by atoms with van der Waals surface area (Å²) in [4.78, 5) is 14.8. The van der Waals surface area contributed by atoms with E-state index in [0.717, 1.165) is 12.1 Å². The van der Waals surface area contributed by atoms with Crippen LogP contribution in [-0.4, -0.2) is 30.4 Å². The van der Waals surface area contributed by atoms with E-state index in [9.17, 15) is 18.7 Å². The lowest BCUT2D eigenvalue weighted by Crippen LogP contribution is -2.36. The Hall–Kier alpha value is -1.78. The number of piperidine rings is 1. The summed E-state index contributed by atoms with van der Waals surface area (Å²) < 4.78 is 27.6. The Labute approximate surface area is 103 Å². The number of halogens is 2. The molecule has 0 radical (unpaired) electrons. The van der Waals surface area contributed by atoms with Crippen molar-refractivity contribution in [2.45, 2.75) is 18.9 Å². The molecule has 96 valence electrons. The summed E-state index contributed by atoms with van der Waals surface area (Å²) in [7, 11) is 0. The minimum Gasteiger partial charge on any atom is -0.393 e. The average Bonchev–Trinajstić information content (AvgIpc) is 2.31. The second-order valence-electron chi connectivity index (χ2n) is 4.18. The maximum Gasteiger partial charge on any atom is 0.240 e. The van der Waals surface area contributed by atoms with E-state index in [1.165, 1.54) is 6.08 Å². The molecule has 0 atom stereocenters. The van der Waals surface area contributed by atoms with Gasteiger partial charge in [0.2, 0.25) is 6.08 Å². The number of aliphatic hydroxyl groups is 1. The second-order valence-corrected chi connectivity index (χ2v) is 4.18. The molecule has 4 nitrogen and oxygen atoms in total. The molecule has 2 rings (SSSR count). The summed E-state index contributed by atoms with van der Waals surface area (Å²) in [6, 6.07) is 1.99. The van der Waals surface area contributed by atoms with Crippen molar-refractivity contribution >= 4 is 17.5 Å². The van der Waals surface area contributed by atoms with Gasteiger partial charge in [-0.1, -0.05) is 0 Å². The number of benzene rings is 1. The van der Waals surface area contributed by atoms with Gasteiger partial charge < -0.3 is 10.0 Å². The zero-order valence-electron chi connectivity index (χ0n) is 9.57. The molecule has 1 N–H and O–H groups in total. The highest BCUT2D eigenvalue weighted by Crippen LogP contribution is 2.30. The van der Waals surface area contributed by atoms with Crippen LogP contribution >= 0.6 is 0 Å².